The molecule has 0 aliphatic heterocycles. The smallest absolute Gasteiger partial charge is 0.253 e. The maximum atomic E-state index is 13.0. The van der Waals surface area contributed by atoms with Gasteiger partial charge in [0.05, 0.1) is 21.5 Å². The summed E-state index contributed by atoms with van der Waals surface area (Å²) in [5.41, 5.74) is 1.19. The lowest BCUT2D eigenvalue weighted by Gasteiger charge is -2.20. The Morgan fingerprint density at radius 3 is 2.36 bits per heavy atom. The van der Waals surface area contributed by atoms with E-state index in [0.29, 0.717) is 11.8 Å². The SMILES string of the molecule is CC(C)NS(=O)(=O)c1ccc(Cl)c(C(=O)NC(c2ccccc2)C2CC2C)c1. The Balaban J connectivity index is 1.88. The molecule has 0 radical (unpaired) electrons. The first kappa shape index (κ1) is 20.8. The number of amides is 1. The number of benzene rings is 2. The molecule has 1 saturated carbocycles. The number of halogens is 1. The van der Waals surface area contributed by atoms with E-state index >= 15 is 0 Å². The number of carbonyl (C=O) groups excluding carboxylic acids is 1. The Morgan fingerprint density at radius 1 is 1.14 bits per heavy atom. The number of hydrogen-bond donors (Lipinski definition) is 2. The van der Waals surface area contributed by atoms with Crippen molar-refractivity contribution in [3.63, 3.8) is 0 Å². The van der Waals surface area contributed by atoms with E-state index in [1.807, 2.05) is 30.3 Å². The summed E-state index contributed by atoms with van der Waals surface area (Å²) in [6.07, 6.45) is 1.04. The first-order valence-corrected chi connectivity index (χ1v) is 11.2. The van der Waals surface area contributed by atoms with Crippen LogP contribution in [0.3, 0.4) is 0 Å². The van der Waals surface area contributed by atoms with E-state index < -0.39 is 10.0 Å². The van der Waals surface area contributed by atoms with Gasteiger partial charge in [-0.2, -0.15) is 0 Å². The Morgan fingerprint density at radius 2 is 1.79 bits per heavy atom. The standard InChI is InChI=1S/C21H25ClN2O3S/c1-13(2)24-28(26,27)16-9-10-19(22)18(12-16)21(25)23-20(17-11-14(17)3)15-7-5-4-6-8-15/h4-10,12-14,17,20,24H,11H2,1-3H3,(H,23,25). The normalized spacial score (nSPS) is 20.0. The van der Waals surface area contributed by atoms with E-state index in [0.717, 1.165) is 12.0 Å². The Hall–Kier alpha value is -1.89. The third kappa shape index (κ3) is 4.74. The van der Waals surface area contributed by atoms with Crippen LogP contribution in [-0.2, 0) is 10.0 Å². The van der Waals surface area contributed by atoms with Crippen LogP contribution in [0.5, 0.6) is 0 Å². The molecule has 0 aromatic heterocycles. The van der Waals surface area contributed by atoms with Crippen molar-refractivity contribution in [1.29, 1.82) is 0 Å². The maximum Gasteiger partial charge on any atom is 0.253 e. The van der Waals surface area contributed by atoms with Gasteiger partial charge < -0.3 is 5.32 Å². The molecule has 1 aliphatic carbocycles. The highest BCUT2D eigenvalue weighted by molar-refractivity contribution is 7.89. The molecule has 5 nitrogen and oxygen atoms in total. The zero-order chi connectivity index (χ0) is 20.5. The highest BCUT2D eigenvalue weighted by Crippen LogP contribution is 2.47. The van der Waals surface area contributed by atoms with Gasteiger partial charge in [0.2, 0.25) is 10.0 Å². The van der Waals surface area contributed by atoms with E-state index in [9.17, 15) is 13.2 Å². The summed E-state index contributed by atoms with van der Waals surface area (Å²) in [7, 11) is -3.71. The summed E-state index contributed by atoms with van der Waals surface area (Å²) in [4.78, 5) is 13.0. The van der Waals surface area contributed by atoms with Crippen LogP contribution in [0.25, 0.3) is 0 Å². The van der Waals surface area contributed by atoms with Crippen LogP contribution < -0.4 is 10.0 Å². The number of carbonyl (C=O) groups is 1. The van der Waals surface area contributed by atoms with E-state index in [2.05, 4.69) is 17.0 Å². The molecule has 0 heterocycles. The Labute approximate surface area is 171 Å². The van der Waals surface area contributed by atoms with Crippen molar-refractivity contribution >= 4 is 27.5 Å². The molecule has 0 bridgehead atoms. The third-order valence-electron chi connectivity index (χ3n) is 4.93. The third-order valence-corrected chi connectivity index (χ3v) is 6.91. The fraction of sp³-hybridized carbons (Fsp3) is 0.381. The molecule has 3 unspecified atom stereocenters. The summed E-state index contributed by atoms with van der Waals surface area (Å²) >= 11 is 6.22. The highest BCUT2D eigenvalue weighted by Gasteiger charge is 2.41. The molecule has 7 heteroatoms. The minimum atomic E-state index is -3.71. The lowest BCUT2D eigenvalue weighted by Crippen LogP contribution is -2.32. The van der Waals surface area contributed by atoms with Gasteiger partial charge in [0.1, 0.15) is 0 Å². The monoisotopic (exact) mass is 420 g/mol. The molecule has 1 amide bonds. The second-order valence-electron chi connectivity index (χ2n) is 7.66. The molecule has 2 N–H and O–H groups in total. The number of hydrogen-bond acceptors (Lipinski definition) is 3. The van der Waals surface area contributed by atoms with Crippen molar-refractivity contribution in [3.05, 3.63) is 64.7 Å². The molecule has 1 fully saturated rings. The van der Waals surface area contributed by atoms with Gasteiger partial charge in [-0.15, -0.1) is 0 Å². The van der Waals surface area contributed by atoms with Crippen LogP contribution in [0.15, 0.2) is 53.4 Å². The molecule has 150 valence electrons. The largest absolute Gasteiger partial charge is 0.345 e. The summed E-state index contributed by atoms with van der Waals surface area (Å²) in [6.45, 7) is 5.63. The van der Waals surface area contributed by atoms with Crippen LogP contribution >= 0.6 is 11.6 Å². The fourth-order valence-corrected chi connectivity index (χ4v) is 4.84. The first-order chi connectivity index (χ1) is 13.2. The minimum Gasteiger partial charge on any atom is -0.345 e. The van der Waals surface area contributed by atoms with Crippen molar-refractivity contribution < 1.29 is 13.2 Å². The lowest BCUT2D eigenvalue weighted by molar-refractivity contribution is 0.0930. The van der Waals surface area contributed by atoms with Gasteiger partial charge in [0.25, 0.3) is 5.91 Å². The summed E-state index contributed by atoms with van der Waals surface area (Å²) in [6, 6.07) is 13.6. The van der Waals surface area contributed by atoms with Crippen molar-refractivity contribution in [3.8, 4) is 0 Å². The van der Waals surface area contributed by atoms with Gasteiger partial charge in [0.15, 0.2) is 0 Å². The predicted molar refractivity (Wildman–Crippen MR) is 111 cm³/mol. The Bertz CT molecular complexity index is 961. The van der Waals surface area contributed by atoms with Gasteiger partial charge in [0, 0.05) is 6.04 Å². The van der Waals surface area contributed by atoms with E-state index in [4.69, 9.17) is 11.6 Å². The van der Waals surface area contributed by atoms with Gasteiger partial charge >= 0.3 is 0 Å². The molecule has 0 saturated heterocycles. The molecule has 3 atom stereocenters. The van der Waals surface area contributed by atoms with Crippen molar-refractivity contribution in [2.75, 3.05) is 0 Å². The zero-order valence-electron chi connectivity index (χ0n) is 16.1. The maximum absolute atomic E-state index is 13.0. The molecular formula is C21H25ClN2O3S. The minimum absolute atomic E-state index is 0.0202. The number of sulfonamides is 1. The zero-order valence-corrected chi connectivity index (χ0v) is 17.7. The van der Waals surface area contributed by atoms with Crippen LogP contribution in [0.2, 0.25) is 5.02 Å². The molecule has 0 spiro atoms. The van der Waals surface area contributed by atoms with Gasteiger partial charge in [-0.05, 0) is 55.9 Å². The average molecular weight is 421 g/mol. The average Bonchev–Trinajstić information content (AvgIpc) is 3.35. The molecule has 1 aliphatic rings. The second kappa shape index (κ2) is 8.23. The van der Waals surface area contributed by atoms with Crippen LogP contribution in [0.4, 0.5) is 0 Å². The molecule has 28 heavy (non-hydrogen) atoms. The van der Waals surface area contributed by atoms with E-state index in [1.54, 1.807) is 13.8 Å². The van der Waals surface area contributed by atoms with E-state index in [-0.39, 0.29) is 33.5 Å². The fourth-order valence-electron chi connectivity index (χ4n) is 3.36. The van der Waals surface area contributed by atoms with Gasteiger partial charge in [-0.1, -0.05) is 48.9 Å². The van der Waals surface area contributed by atoms with E-state index in [1.165, 1.54) is 18.2 Å². The van der Waals surface area contributed by atoms with Crippen molar-refractivity contribution in [1.82, 2.24) is 10.0 Å². The summed E-state index contributed by atoms with van der Waals surface area (Å²) in [5, 5.41) is 3.28. The second-order valence-corrected chi connectivity index (χ2v) is 9.78. The molecule has 3 rings (SSSR count). The molecule has 2 aromatic rings. The Kier molecular flexibility index (Phi) is 6.12. The lowest BCUT2D eigenvalue weighted by atomic mass is 10.0. The van der Waals surface area contributed by atoms with Crippen LogP contribution in [0, 0.1) is 11.8 Å². The highest BCUT2D eigenvalue weighted by atomic mass is 35.5. The topological polar surface area (TPSA) is 75.3 Å². The first-order valence-electron chi connectivity index (χ1n) is 9.36. The van der Waals surface area contributed by atoms with Crippen molar-refractivity contribution in [2.24, 2.45) is 11.8 Å². The number of nitrogens with one attached hydrogen (secondary N) is 2. The van der Waals surface area contributed by atoms with Gasteiger partial charge in [-0.25, -0.2) is 13.1 Å². The van der Waals surface area contributed by atoms with Gasteiger partial charge in [-0.3, -0.25) is 4.79 Å². The van der Waals surface area contributed by atoms with Crippen LogP contribution in [-0.4, -0.2) is 20.4 Å². The summed E-state index contributed by atoms with van der Waals surface area (Å²) < 4.78 is 27.4. The quantitative estimate of drug-likeness (QED) is 0.706. The summed E-state index contributed by atoms with van der Waals surface area (Å²) in [5.74, 6) is 0.516. The van der Waals surface area contributed by atoms with Crippen molar-refractivity contribution in [2.45, 2.75) is 44.2 Å². The molecule has 2 aromatic carbocycles. The number of rotatable bonds is 7. The molecular weight excluding hydrogens is 396 g/mol. The van der Waals surface area contributed by atoms with Crippen LogP contribution in [0.1, 0.15) is 49.2 Å². The predicted octanol–water partition coefficient (Wildman–Crippen LogP) is 4.15.